The number of anilines is 2. The predicted octanol–water partition coefficient (Wildman–Crippen LogP) is 3.87. The zero-order valence-corrected chi connectivity index (χ0v) is 14.2. The Bertz CT molecular complexity index is 603. The summed E-state index contributed by atoms with van der Waals surface area (Å²) in [4.78, 5) is 18.6. The van der Waals surface area contributed by atoms with Crippen LogP contribution in [0.5, 0.6) is 0 Å². The number of rotatable bonds is 7. The third-order valence-electron chi connectivity index (χ3n) is 3.55. The van der Waals surface area contributed by atoms with Crippen molar-refractivity contribution >= 4 is 28.6 Å². The fourth-order valence-electron chi connectivity index (χ4n) is 2.33. The maximum atomic E-state index is 12.0. The average molecular weight is 317 g/mol. The van der Waals surface area contributed by atoms with Crippen LogP contribution in [0, 0.1) is 6.92 Å². The molecule has 1 N–H and O–H groups in total. The number of amides is 1. The summed E-state index contributed by atoms with van der Waals surface area (Å²) in [5, 5.41) is 6.00. The molecule has 0 bridgehead atoms. The van der Waals surface area contributed by atoms with E-state index in [1.165, 1.54) is 5.69 Å². The predicted molar refractivity (Wildman–Crippen MR) is 93.8 cm³/mol. The lowest BCUT2D eigenvalue weighted by Crippen LogP contribution is -2.21. The highest BCUT2D eigenvalue weighted by molar-refractivity contribution is 7.09. The molecule has 0 aliphatic heterocycles. The van der Waals surface area contributed by atoms with E-state index in [0.29, 0.717) is 12.8 Å². The molecule has 5 heteroatoms. The summed E-state index contributed by atoms with van der Waals surface area (Å²) in [6.45, 7) is 8.22. The molecule has 1 heterocycles. The molecule has 0 spiro atoms. The molecule has 0 aliphatic rings. The van der Waals surface area contributed by atoms with E-state index in [1.54, 1.807) is 11.3 Å². The molecule has 0 radical (unpaired) electrons. The molecule has 0 saturated heterocycles. The van der Waals surface area contributed by atoms with Gasteiger partial charge in [-0.1, -0.05) is 0 Å². The van der Waals surface area contributed by atoms with Gasteiger partial charge in [-0.05, 0) is 51.5 Å². The van der Waals surface area contributed by atoms with Gasteiger partial charge < -0.3 is 10.2 Å². The quantitative estimate of drug-likeness (QED) is 0.843. The van der Waals surface area contributed by atoms with Crippen LogP contribution in [0.15, 0.2) is 29.6 Å². The molecule has 4 nitrogen and oxygen atoms in total. The molecule has 0 saturated carbocycles. The zero-order valence-electron chi connectivity index (χ0n) is 13.4. The summed E-state index contributed by atoms with van der Waals surface area (Å²) < 4.78 is 0. The first-order chi connectivity index (χ1) is 10.6. The van der Waals surface area contributed by atoms with Gasteiger partial charge >= 0.3 is 0 Å². The Balaban J connectivity index is 1.86. The van der Waals surface area contributed by atoms with E-state index >= 15 is 0 Å². The molecule has 1 aromatic heterocycles. The SMILES string of the molecule is CCN(CC)c1ccc(NC(=O)CCc2csc(C)n2)cc1. The van der Waals surface area contributed by atoms with Crippen LogP contribution in [-0.2, 0) is 11.2 Å². The number of thiazole rings is 1. The summed E-state index contributed by atoms with van der Waals surface area (Å²) in [7, 11) is 0. The largest absolute Gasteiger partial charge is 0.372 e. The maximum Gasteiger partial charge on any atom is 0.224 e. The van der Waals surface area contributed by atoms with Gasteiger partial charge in [-0.3, -0.25) is 4.79 Å². The van der Waals surface area contributed by atoms with E-state index in [0.717, 1.165) is 29.5 Å². The second-order valence-electron chi connectivity index (χ2n) is 5.13. The highest BCUT2D eigenvalue weighted by Gasteiger charge is 2.06. The molecular weight excluding hydrogens is 294 g/mol. The number of hydrogen-bond acceptors (Lipinski definition) is 4. The number of aryl methyl sites for hydroxylation is 2. The van der Waals surface area contributed by atoms with Crippen molar-refractivity contribution in [2.45, 2.75) is 33.6 Å². The summed E-state index contributed by atoms with van der Waals surface area (Å²) in [6.07, 6.45) is 1.15. The molecule has 2 aromatic rings. The summed E-state index contributed by atoms with van der Waals surface area (Å²) in [6, 6.07) is 8.01. The second-order valence-corrected chi connectivity index (χ2v) is 6.19. The lowest BCUT2D eigenvalue weighted by atomic mass is 10.2. The van der Waals surface area contributed by atoms with Gasteiger partial charge in [0.05, 0.1) is 10.7 Å². The normalized spacial score (nSPS) is 10.5. The third kappa shape index (κ3) is 4.56. The number of hydrogen-bond donors (Lipinski definition) is 1. The number of benzene rings is 1. The fraction of sp³-hybridized carbons (Fsp3) is 0.412. The Morgan fingerprint density at radius 2 is 1.91 bits per heavy atom. The van der Waals surface area contributed by atoms with Gasteiger partial charge in [0.15, 0.2) is 0 Å². The van der Waals surface area contributed by atoms with Crippen LogP contribution in [0.4, 0.5) is 11.4 Å². The Morgan fingerprint density at radius 1 is 1.23 bits per heavy atom. The molecule has 0 atom stereocenters. The average Bonchev–Trinajstić information content (AvgIpc) is 2.94. The number of carbonyl (C=O) groups is 1. The Labute approximate surface area is 136 Å². The van der Waals surface area contributed by atoms with Gasteiger partial charge in [0.25, 0.3) is 0 Å². The van der Waals surface area contributed by atoms with Gasteiger partial charge in [-0.2, -0.15) is 0 Å². The van der Waals surface area contributed by atoms with Crippen LogP contribution in [-0.4, -0.2) is 24.0 Å². The van der Waals surface area contributed by atoms with Gasteiger partial charge in [0.1, 0.15) is 0 Å². The lowest BCUT2D eigenvalue weighted by Gasteiger charge is -2.21. The lowest BCUT2D eigenvalue weighted by molar-refractivity contribution is -0.116. The van der Waals surface area contributed by atoms with Gasteiger partial charge in [-0.15, -0.1) is 11.3 Å². The molecule has 0 aliphatic carbocycles. The first-order valence-electron chi connectivity index (χ1n) is 7.68. The number of carbonyl (C=O) groups excluding carboxylic acids is 1. The standard InChI is InChI=1S/C17H23N3OS/c1-4-20(5-2)16-9-6-14(7-10-16)19-17(21)11-8-15-12-22-13(3)18-15/h6-7,9-10,12H,4-5,8,11H2,1-3H3,(H,19,21). The van der Waals surface area contributed by atoms with Crippen molar-refractivity contribution in [1.82, 2.24) is 4.98 Å². The minimum absolute atomic E-state index is 0.0289. The first kappa shape index (κ1) is 16.5. The minimum Gasteiger partial charge on any atom is -0.372 e. The minimum atomic E-state index is 0.0289. The highest BCUT2D eigenvalue weighted by atomic mass is 32.1. The van der Waals surface area contributed by atoms with Crippen molar-refractivity contribution in [2.24, 2.45) is 0 Å². The molecule has 2 rings (SSSR count). The van der Waals surface area contributed by atoms with Crippen molar-refractivity contribution in [2.75, 3.05) is 23.3 Å². The Morgan fingerprint density at radius 3 is 2.45 bits per heavy atom. The van der Waals surface area contributed by atoms with Crippen LogP contribution in [0.2, 0.25) is 0 Å². The summed E-state index contributed by atoms with van der Waals surface area (Å²) in [5.74, 6) is 0.0289. The maximum absolute atomic E-state index is 12.0. The van der Waals surface area contributed by atoms with E-state index in [-0.39, 0.29) is 5.91 Å². The topological polar surface area (TPSA) is 45.2 Å². The third-order valence-corrected chi connectivity index (χ3v) is 4.38. The molecular formula is C17H23N3OS. The number of nitrogens with one attached hydrogen (secondary N) is 1. The van der Waals surface area contributed by atoms with E-state index in [2.05, 4.69) is 29.0 Å². The van der Waals surface area contributed by atoms with Crippen molar-refractivity contribution in [3.8, 4) is 0 Å². The van der Waals surface area contributed by atoms with E-state index in [1.807, 2.05) is 36.6 Å². The molecule has 0 unspecified atom stereocenters. The smallest absolute Gasteiger partial charge is 0.224 e. The van der Waals surface area contributed by atoms with Crippen molar-refractivity contribution in [3.05, 3.63) is 40.3 Å². The molecule has 0 fully saturated rings. The van der Waals surface area contributed by atoms with Crippen molar-refractivity contribution in [1.29, 1.82) is 0 Å². The number of nitrogens with zero attached hydrogens (tertiary/aromatic N) is 2. The van der Waals surface area contributed by atoms with Gasteiger partial charge in [0.2, 0.25) is 5.91 Å². The molecule has 22 heavy (non-hydrogen) atoms. The Kier molecular flexibility index (Phi) is 5.95. The first-order valence-corrected chi connectivity index (χ1v) is 8.56. The van der Waals surface area contributed by atoms with Crippen LogP contribution in [0.25, 0.3) is 0 Å². The summed E-state index contributed by atoms with van der Waals surface area (Å²) >= 11 is 1.62. The van der Waals surface area contributed by atoms with Crippen LogP contribution in [0.3, 0.4) is 0 Å². The van der Waals surface area contributed by atoms with Gasteiger partial charge in [-0.25, -0.2) is 4.98 Å². The summed E-state index contributed by atoms with van der Waals surface area (Å²) in [5.41, 5.74) is 3.02. The zero-order chi connectivity index (χ0) is 15.9. The fourth-order valence-corrected chi connectivity index (χ4v) is 2.98. The highest BCUT2D eigenvalue weighted by Crippen LogP contribution is 2.18. The van der Waals surface area contributed by atoms with Crippen LogP contribution < -0.4 is 10.2 Å². The molecule has 1 amide bonds. The molecule has 118 valence electrons. The number of aromatic nitrogens is 1. The Hall–Kier alpha value is -1.88. The van der Waals surface area contributed by atoms with Crippen LogP contribution >= 0.6 is 11.3 Å². The van der Waals surface area contributed by atoms with Crippen molar-refractivity contribution < 1.29 is 4.79 Å². The second kappa shape index (κ2) is 7.94. The van der Waals surface area contributed by atoms with Crippen LogP contribution in [0.1, 0.15) is 31.0 Å². The van der Waals surface area contributed by atoms with Gasteiger partial charge in [0, 0.05) is 36.3 Å². The van der Waals surface area contributed by atoms with E-state index in [4.69, 9.17) is 0 Å². The van der Waals surface area contributed by atoms with Crippen molar-refractivity contribution in [3.63, 3.8) is 0 Å². The monoisotopic (exact) mass is 317 g/mol. The molecule has 1 aromatic carbocycles. The van der Waals surface area contributed by atoms with E-state index in [9.17, 15) is 4.79 Å². The van der Waals surface area contributed by atoms with E-state index < -0.39 is 0 Å².